The molecule has 0 radical (unpaired) electrons. The van der Waals surface area contributed by atoms with Gasteiger partial charge >= 0.3 is 5.97 Å². The van der Waals surface area contributed by atoms with Crippen molar-refractivity contribution in [1.29, 1.82) is 0 Å². The van der Waals surface area contributed by atoms with Crippen LogP contribution in [-0.2, 0) is 39.9 Å². The number of nitrogens with zero attached hydrogens (tertiary/aromatic N) is 4. The molecule has 4 aliphatic heterocycles. The maximum Gasteiger partial charge on any atom is 0.329 e. The molecule has 1 aromatic rings. The van der Waals surface area contributed by atoms with Crippen LogP contribution in [0.2, 0.25) is 0 Å². The Balaban J connectivity index is 1.49. The number of ether oxygens (including phenoxy) is 1. The predicted octanol–water partition coefficient (Wildman–Crippen LogP) is 1.19. The molecule has 4 fully saturated rings. The Bertz CT molecular complexity index is 1490. The van der Waals surface area contributed by atoms with E-state index in [0.29, 0.717) is 31.7 Å². The summed E-state index contributed by atoms with van der Waals surface area (Å²) in [5, 5.41) is 8.03. The van der Waals surface area contributed by atoms with Crippen molar-refractivity contribution in [2.24, 2.45) is 11.1 Å². The summed E-state index contributed by atoms with van der Waals surface area (Å²) in [6, 6.07) is -4.70. The highest BCUT2D eigenvalue weighted by atomic mass is 19.1. The second-order valence-electron chi connectivity index (χ2n) is 13.5. The minimum absolute atomic E-state index is 0.0271. The van der Waals surface area contributed by atoms with Gasteiger partial charge in [-0.15, -0.1) is 4.91 Å². The van der Waals surface area contributed by atoms with Crippen LogP contribution in [0.5, 0.6) is 0 Å². The lowest BCUT2D eigenvalue weighted by Gasteiger charge is -2.39. The van der Waals surface area contributed by atoms with Crippen LogP contribution in [-0.4, -0.2) is 112 Å². The van der Waals surface area contributed by atoms with Crippen molar-refractivity contribution in [3.63, 3.8) is 0 Å². The quantitative estimate of drug-likeness (QED) is 0.343. The minimum atomic E-state index is -1.72. The molecule has 4 aliphatic rings. The third kappa shape index (κ3) is 7.72. The van der Waals surface area contributed by atoms with Crippen LogP contribution < -0.4 is 10.6 Å². The van der Waals surface area contributed by atoms with E-state index in [9.17, 15) is 42.5 Å². The zero-order valence-corrected chi connectivity index (χ0v) is 27.7. The highest BCUT2D eigenvalue weighted by Crippen LogP contribution is 2.29. The smallest absolute Gasteiger partial charge is 0.329 e. The van der Waals surface area contributed by atoms with E-state index in [4.69, 9.17) is 4.74 Å². The lowest BCUT2D eigenvalue weighted by atomic mass is 9.99. The molecule has 5 rings (SSSR count). The topological polar surface area (TPSA) is 175 Å². The van der Waals surface area contributed by atoms with E-state index in [2.05, 4.69) is 15.8 Å². The van der Waals surface area contributed by atoms with Crippen molar-refractivity contribution in [2.75, 3.05) is 19.6 Å². The second kappa shape index (κ2) is 14.9. The molecule has 4 heterocycles. The summed E-state index contributed by atoms with van der Waals surface area (Å²) in [5.74, 6) is -6.08. The zero-order chi connectivity index (χ0) is 35.6. The summed E-state index contributed by atoms with van der Waals surface area (Å²) in [5.41, 5.74) is -0.0271. The molecular formula is C33H42F2N6O8. The largest absolute Gasteiger partial charge is 0.458 e. The number of rotatable bonds is 5. The molecule has 8 atom stereocenters. The van der Waals surface area contributed by atoms with Crippen molar-refractivity contribution < 1.29 is 42.3 Å². The van der Waals surface area contributed by atoms with E-state index < -0.39 is 95.9 Å². The van der Waals surface area contributed by atoms with E-state index in [1.54, 1.807) is 0 Å². The first-order chi connectivity index (χ1) is 23.3. The molecule has 0 unspecified atom stereocenters. The summed E-state index contributed by atoms with van der Waals surface area (Å²) in [4.78, 5) is 98.4. The van der Waals surface area contributed by atoms with Gasteiger partial charge in [0.25, 0.3) is 0 Å². The molecule has 266 valence electrons. The van der Waals surface area contributed by atoms with Crippen LogP contribution in [0.15, 0.2) is 23.4 Å². The first-order valence-electron chi connectivity index (χ1n) is 16.8. The number of hydrogen-bond acceptors (Lipinski definition) is 9. The number of carbonyl (C=O) groups excluding carboxylic acids is 6. The van der Waals surface area contributed by atoms with E-state index in [1.165, 1.54) is 28.5 Å². The molecule has 2 N–H and O–H groups in total. The lowest BCUT2D eigenvalue weighted by molar-refractivity contribution is -0.163. The molecule has 0 spiro atoms. The zero-order valence-electron chi connectivity index (χ0n) is 27.7. The Kier molecular flexibility index (Phi) is 10.9. The Morgan fingerprint density at radius 1 is 0.898 bits per heavy atom. The first-order valence-corrected chi connectivity index (χ1v) is 16.8. The Morgan fingerprint density at radius 2 is 1.55 bits per heavy atom. The Hall–Kier alpha value is -4.50. The number of halogens is 2. The van der Waals surface area contributed by atoms with Gasteiger partial charge in [0.05, 0.1) is 0 Å². The van der Waals surface area contributed by atoms with Gasteiger partial charge in [-0.25, -0.2) is 13.6 Å². The van der Waals surface area contributed by atoms with Crippen LogP contribution in [0.1, 0.15) is 64.9 Å². The predicted molar refractivity (Wildman–Crippen MR) is 168 cm³/mol. The summed E-state index contributed by atoms with van der Waals surface area (Å²) >= 11 is 0. The standard InChI is InChI=1S/C33H42F2N6O8/c1-17-11-26-33(47)49-19(3)27(37-28(42)23(38-48)14-20-12-21(34)15-22(35)13-20)32(46)40-10-6-8-25(40)31(45)39-9-5-4-7-24(39)29(43)36-18(2)30(44)41(26)16-17/h12-13,15,17-19,23-27H,4-11,14,16H2,1-3H3,(H,36,43)(H,37,42)/t17-,18-,19-,23-,24-,25-,26-,27-/m0/s1. The molecule has 16 heteroatoms. The molecule has 0 saturated carbocycles. The first kappa shape index (κ1) is 35.8. The fraction of sp³-hybridized carbons (Fsp3) is 0.636. The average Bonchev–Trinajstić information content (AvgIpc) is 3.71. The average molecular weight is 689 g/mol. The molecular weight excluding hydrogens is 646 g/mol. The third-order valence-corrected chi connectivity index (χ3v) is 9.82. The van der Waals surface area contributed by atoms with E-state index >= 15 is 0 Å². The number of nitroso groups, excluding NO2 is 1. The number of nitrogens with one attached hydrogen (secondary N) is 2. The fourth-order valence-corrected chi connectivity index (χ4v) is 7.35. The number of piperidine rings is 1. The van der Waals surface area contributed by atoms with Crippen LogP contribution in [0.25, 0.3) is 0 Å². The molecule has 0 bridgehead atoms. The van der Waals surface area contributed by atoms with Gasteiger partial charge in [-0.05, 0) is 76.0 Å². The monoisotopic (exact) mass is 688 g/mol. The van der Waals surface area contributed by atoms with Crippen LogP contribution in [0, 0.1) is 22.5 Å². The number of hydrogen-bond donors (Lipinski definition) is 2. The third-order valence-electron chi connectivity index (χ3n) is 9.82. The van der Waals surface area contributed by atoms with Gasteiger partial charge in [0.1, 0.15) is 47.9 Å². The minimum Gasteiger partial charge on any atom is -0.458 e. The van der Waals surface area contributed by atoms with Crippen molar-refractivity contribution in [3.8, 4) is 0 Å². The lowest BCUT2D eigenvalue weighted by Crippen LogP contribution is -2.62. The van der Waals surface area contributed by atoms with Crippen molar-refractivity contribution in [2.45, 2.75) is 108 Å². The van der Waals surface area contributed by atoms with Gasteiger partial charge in [-0.2, -0.15) is 0 Å². The molecule has 0 aromatic heterocycles. The van der Waals surface area contributed by atoms with Gasteiger partial charge in [0.15, 0.2) is 6.04 Å². The van der Waals surface area contributed by atoms with E-state index in [-0.39, 0.29) is 44.0 Å². The number of fused-ring (bicyclic) bond motifs is 3. The summed E-state index contributed by atoms with van der Waals surface area (Å²) in [6.07, 6.45) is 0.804. The van der Waals surface area contributed by atoms with Crippen LogP contribution in [0.4, 0.5) is 8.78 Å². The van der Waals surface area contributed by atoms with E-state index in [0.717, 1.165) is 12.1 Å². The highest BCUT2D eigenvalue weighted by Gasteiger charge is 2.47. The number of esters is 1. The number of amides is 5. The van der Waals surface area contributed by atoms with Gasteiger partial charge in [0, 0.05) is 32.1 Å². The molecule has 4 saturated heterocycles. The normalized spacial score (nSPS) is 30.6. The van der Waals surface area contributed by atoms with Gasteiger partial charge < -0.3 is 30.1 Å². The van der Waals surface area contributed by atoms with Crippen molar-refractivity contribution in [1.82, 2.24) is 25.3 Å². The van der Waals surface area contributed by atoms with Crippen LogP contribution >= 0.6 is 0 Å². The van der Waals surface area contributed by atoms with Crippen molar-refractivity contribution >= 4 is 35.5 Å². The van der Waals surface area contributed by atoms with Gasteiger partial charge in [0.2, 0.25) is 29.5 Å². The maximum absolute atomic E-state index is 14.3. The summed E-state index contributed by atoms with van der Waals surface area (Å²) < 4.78 is 33.4. The number of carbonyl (C=O) groups is 6. The summed E-state index contributed by atoms with van der Waals surface area (Å²) in [6.45, 7) is 5.35. The molecule has 0 aliphatic carbocycles. The SMILES string of the molecule is C[C@H]1C[C@H]2C(=O)O[C@@H](C)[C@H](NC(=O)[C@H](Cc3cc(F)cc(F)c3)N=O)C(=O)N3CCC[C@H]3C(=O)N3CCCC[C@H]3C(=O)N[C@@H](C)C(=O)N2C1. The molecule has 1 aromatic carbocycles. The molecule has 5 amide bonds. The van der Waals surface area contributed by atoms with E-state index in [1.807, 2.05) is 6.92 Å². The van der Waals surface area contributed by atoms with Crippen LogP contribution in [0.3, 0.4) is 0 Å². The Morgan fingerprint density at radius 3 is 2.24 bits per heavy atom. The molecule has 14 nitrogen and oxygen atoms in total. The van der Waals surface area contributed by atoms with Gasteiger partial charge in [-0.3, -0.25) is 24.0 Å². The number of cyclic esters (lactones) is 1. The van der Waals surface area contributed by atoms with Gasteiger partial charge in [-0.1, -0.05) is 12.1 Å². The number of benzene rings is 1. The van der Waals surface area contributed by atoms with Crippen molar-refractivity contribution in [3.05, 3.63) is 40.3 Å². The Labute approximate surface area is 282 Å². The summed E-state index contributed by atoms with van der Waals surface area (Å²) in [7, 11) is 0. The maximum atomic E-state index is 14.3. The highest BCUT2D eigenvalue weighted by molar-refractivity contribution is 5.97. The molecule has 49 heavy (non-hydrogen) atoms. The fourth-order valence-electron chi connectivity index (χ4n) is 7.35. The second-order valence-corrected chi connectivity index (χ2v) is 13.5.